The second-order valence-electron chi connectivity index (χ2n) is 6.07. The second kappa shape index (κ2) is 6.98. The van der Waals surface area contributed by atoms with Crippen molar-refractivity contribution in [2.24, 2.45) is 4.99 Å². The highest BCUT2D eigenvalue weighted by Crippen LogP contribution is 2.28. The first kappa shape index (κ1) is 16.9. The molecule has 1 atom stereocenters. The number of anilines is 1. The molecule has 1 aromatic heterocycles. The Bertz CT molecular complexity index is 996. The van der Waals surface area contributed by atoms with E-state index >= 15 is 0 Å². The second-order valence-corrected chi connectivity index (χ2v) is 6.91. The third-order valence-electron chi connectivity index (χ3n) is 4.32. The van der Waals surface area contributed by atoms with E-state index in [1.165, 1.54) is 0 Å². The Kier molecular flexibility index (Phi) is 4.53. The number of nitrogens with zero attached hydrogens (tertiary/aromatic N) is 1. The number of rotatable bonds is 3. The zero-order valence-corrected chi connectivity index (χ0v) is 15.2. The van der Waals surface area contributed by atoms with Crippen LogP contribution in [0.4, 0.5) is 5.69 Å². The summed E-state index contributed by atoms with van der Waals surface area (Å²) in [6, 6.07) is 14.2. The van der Waals surface area contributed by atoms with Gasteiger partial charge in [-0.3, -0.25) is 9.79 Å². The lowest BCUT2D eigenvalue weighted by Gasteiger charge is -2.12. The van der Waals surface area contributed by atoms with Crippen LogP contribution in [0.15, 0.2) is 65.9 Å². The number of benzodiazepines with no additional fused rings is 1. The fourth-order valence-corrected chi connectivity index (χ4v) is 3.42. The van der Waals surface area contributed by atoms with Crippen molar-refractivity contribution in [1.29, 1.82) is 0 Å². The van der Waals surface area contributed by atoms with Crippen LogP contribution in [0.1, 0.15) is 16.7 Å². The number of H-pyrrole nitrogens is 1. The van der Waals surface area contributed by atoms with Gasteiger partial charge in [0.2, 0.25) is 5.91 Å². The van der Waals surface area contributed by atoms with Gasteiger partial charge in [0.15, 0.2) is 0 Å². The highest BCUT2D eigenvalue weighted by atomic mass is 35.5. The lowest BCUT2D eigenvalue weighted by Crippen LogP contribution is -2.27. The molecule has 2 aromatic carbocycles. The number of aromatic amines is 1. The Morgan fingerprint density at radius 3 is 2.69 bits per heavy atom. The Labute approximate surface area is 160 Å². The summed E-state index contributed by atoms with van der Waals surface area (Å²) in [5.74, 6) is -0.168. The molecule has 4 rings (SSSR count). The molecule has 4 nitrogen and oxygen atoms in total. The fourth-order valence-electron chi connectivity index (χ4n) is 3.03. The summed E-state index contributed by atoms with van der Waals surface area (Å²) in [6.45, 7) is 0. The highest BCUT2D eigenvalue weighted by molar-refractivity contribution is 6.32. The van der Waals surface area contributed by atoms with Crippen molar-refractivity contribution in [3.63, 3.8) is 0 Å². The summed E-state index contributed by atoms with van der Waals surface area (Å²) in [4.78, 5) is 20.6. The molecule has 1 aliphatic heterocycles. The molecule has 6 heteroatoms. The Hall–Kier alpha value is -2.56. The van der Waals surface area contributed by atoms with E-state index in [0.717, 1.165) is 22.4 Å². The van der Waals surface area contributed by atoms with Crippen LogP contribution in [0.2, 0.25) is 10.0 Å². The van der Waals surface area contributed by atoms with E-state index in [1.807, 2.05) is 48.8 Å². The van der Waals surface area contributed by atoms with Gasteiger partial charge in [0.05, 0.1) is 11.4 Å². The van der Waals surface area contributed by atoms with Crippen molar-refractivity contribution < 1.29 is 4.79 Å². The number of benzene rings is 2. The molecule has 130 valence electrons. The van der Waals surface area contributed by atoms with E-state index in [-0.39, 0.29) is 5.91 Å². The van der Waals surface area contributed by atoms with Crippen LogP contribution in [0.25, 0.3) is 0 Å². The lowest BCUT2D eigenvalue weighted by atomic mass is 10.0. The van der Waals surface area contributed by atoms with Crippen LogP contribution in [-0.2, 0) is 11.2 Å². The van der Waals surface area contributed by atoms with Gasteiger partial charge >= 0.3 is 0 Å². The summed E-state index contributed by atoms with van der Waals surface area (Å²) >= 11 is 12.5. The highest BCUT2D eigenvalue weighted by Gasteiger charge is 2.27. The number of carbonyl (C=O) groups is 1. The third kappa shape index (κ3) is 3.26. The van der Waals surface area contributed by atoms with Crippen molar-refractivity contribution in [2.75, 3.05) is 5.32 Å². The molecule has 1 aliphatic rings. The molecule has 0 spiro atoms. The largest absolute Gasteiger partial charge is 0.367 e. The minimum absolute atomic E-state index is 0.168. The first-order valence-corrected chi connectivity index (χ1v) is 8.92. The molecule has 0 fully saturated rings. The fraction of sp³-hybridized carbons (Fsp3) is 0.100. The summed E-state index contributed by atoms with van der Waals surface area (Å²) in [5, 5.41) is 4.18. The van der Waals surface area contributed by atoms with Crippen molar-refractivity contribution >= 4 is 40.5 Å². The number of aliphatic imine (C=N–C) groups is 1. The number of carbonyl (C=O) groups excluding carboxylic acids is 1. The zero-order valence-electron chi connectivity index (χ0n) is 13.7. The topological polar surface area (TPSA) is 57.2 Å². The number of fused-ring (bicyclic) bond motifs is 1. The van der Waals surface area contributed by atoms with Gasteiger partial charge < -0.3 is 10.3 Å². The average Bonchev–Trinajstić information content (AvgIpc) is 3.12. The van der Waals surface area contributed by atoms with Crippen LogP contribution in [-0.4, -0.2) is 22.6 Å². The summed E-state index contributed by atoms with van der Waals surface area (Å²) in [5.41, 5.74) is 4.00. The first-order valence-electron chi connectivity index (χ1n) is 8.17. The van der Waals surface area contributed by atoms with Crippen molar-refractivity contribution in [3.8, 4) is 0 Å². The maximum Gasteiger partial charge on any atom is 0.249 e. The van der Waals surface area contributed by atoms with Gasteiger partial charge in [0, 0.05) is 40.0 Å². The molecule has 2 heterocycles. The number of hydrogen-bond acceptors (Lipinski definition) is 2. The Morgan fingerprint density at radius 2 is 1.92 bits per heavy atom. The van der Waals surface area contributed by atoms with Crippen molar-refractivity contribution in [2.45, 2.75) is 12.5 Å². The Morgan fingerprint density at radius 1 is 1.08 bits per heavy atom. The third-order valence-corrected chi connectivity index (χ3v) is 4.93. The van der Waals surface area contributed by atoms with E-state index in [1.54, 1.807) is 12.1 Å². The number of hydrogen-bond donors (Lipinski definition) is 2. The average molecular weight is 384 g/mol. The van der Waals surface area contributed by atoms with E-state index in [9.17, 15) is 4.79 Å². The predicted octanol–water partition coefficient (Wildman–Crippen LogP) is 4.72. The number of amides is 1. The van der Waals surface area contributed by atoms with Gasteiger partial charge in [-0.25, -0.2) is 0 Å². The predicted molar refractivity (Wildman–Crippen MR) is 105 cm³/mol. The normalized spacial score (nSPS) is 16.5. The molecular weight excluding hydrogens is 369 g/mol. The van der Waals surface area contributed by atoms with Gasteiger partial charge in [0.1, 0.15) is 6.04 Å². The molecule has 0 saturated carbocycles. The van der Waals surface area contributed by atoms with Gasteiger partial charge in [-0.2, -0.15) is 0 Å². The van der Waals surface area contributed by atoms with Crippen LogP contribution in [0, 0.1) is 0 Å². The standard InChI is InChI=1S/C20H15Cl2N3O/c21-14-5-6-17-15(10-14)19(13-7-8-23-11-13)24-18(20(26)25-17)9-12-3-1-2-4-16(12)22/h1-8,10-11,18,23H,9H2,(H,25,26). The van der Waals surface area contributed by atoms with Crippen LogP contribution in [0.3, 0.4) is 0 Å². The number of aromatic nitrogens is 1. The van der Waals surface area contributed by atoms with E-state index in [4.69, 9.17) is 28.2 Å². The Balaban J connectivity index is 1.82. The minimum atomic E-state index is -0.592. The number of nitrogens with one attached hydrogen (secondary N) is 2. The van der Waals surface area contributed by atoms with Crippen LogP contribution >= 0.6 is 23.2 Å². The van der Waals surface area contributed by atoms with Gasteiger partial charge in [-0.15, -0.1) is 0 Å². The summed E-state index contributed by atoms with van der Waals surface area (Å²) in [7, 11) is 0. The molecular formula is C20H15Cl2N3O. The smallest absolute Gasteiger partial charge is 0.249 e. The minimum Gasteiger partial charge on any atom is -0.367 e. The molecule has 1 unspecified atom stereocenters. The number of halogens is 2. The molecule has 2 N–H and O–H groups in total. The maximum absolute atomic E-state index is 12.8. The molecule has 0 aliphatic carbocycles. The SMILES string of the molecule is O=C1Nc2ccc(Cl)cc2C(c2cc[nH]c2)=NC1Cc1ccccc1Cl. The zero-order chi connectivity index (χ0) is 18.1. The van der Waals surface area contributed by atoms with Gasteiger partial charge in [-0.05, 0) is 35.9 Å². The lowest BCUT2D eigenvalue weighted by molar-refractivity contribution is -0.117. The van der Waals surface area contributed by atoms with Crippen LogP contribution < -0.4 is 5.32 Å². The molecule has 0 bridgehead atoms. The van der Waals surface area contributed by atoms with Gasteiger partial charge in [0.25, 0.3) is 0 Å². The van der Waals surface area contributed by atoms with E-state index < -0.39 is 6.04 Å². The summed E-state index contributed by atoms with van der Waals surface area (Å²) < 4.78 is 0. The molecule has 1 amide bonds. The van der Waals surface area contributed by atoms with Crippen LogP contribution in [0.5, 0.6) is 0 Å². The molecule has 0 saturated heterocycles. The van der Waals surface area contributed by atoms with E-state index in [0.29, 0.717) is 22.2 Å². The van der Waals surface area contributed by atoms with Gasteiger partial charge in [-0.1, -0.05) is 41.4 Å². The quantitative estimate of drug-likeness (QED) is 0.675. The molecule has 3 aromatic rings. The molecule has 0 radical (unpaired) electrons. The monoisotopic (exact) mass is 383 g/mol. The molecule has 26 heavy (non-hydrogen) atoms. The van der Waals surface area contributed by atoms with Crippen molar-refractivity contribution in [1.82, 2.24) is 4.98 Å². The first-order chi connectivity index (χ1) is 12.6. The van der Waals surface area contributed by atoms with Crippen molar-refractivity contribution in [3.05, 3.63) is 87.7 Å². The summed E-state index contributed by atoms with van der Waals surface area (Å²) in [6.07, 6.45) is 4.10. The maximum atomic E-state index is 12.8. The van der Waals surface area contributed by atoms with E-state index in [2.05, 4.69) is 10.3 Å².